The summed E-state index contributed by atoms with van der Waals surface area (Å²) in [7, 11) is 0. The number of carbonyl (C=O) groups excluding carboxylic acids is 1. The molecular weight excluding hydrogens is 322 g/mol. The molecule has 1 unspecified atom stereocenters. The van der Waals surface area contributed by atoms with Gasteiger partial charge in [0.05, 0.1) is 0 Å². The first kappa shape index (κ1) is 19.7. The maximum absolute atomic E-state index is 13.6. The summed E-state index contributed by atoms with van der Waals surface area (Å²) >= 11 is 1.22. The third-order valence-electron chi connectivity index (χ3n) is 3.03. The maximum Gasteiger partial charge on any atom is 0.417 e. The average molecular weight is 346 g/mol. The molecule has 7 heteroatoms. The van der Waals surface area contributed by atoms with Crippen molar-refractivity contribution in [2.75, 3.05) is 12.3 Å². The second-order valence-electron chi connectivity index (χ2n) is 6.28. The number of benzene rings is 1. The molecule has 0 aliphatic carbocycles. The van der Waals surface area contributed by atoms with Gasteiger partial charge in [-0.05, 0) is 81.8 Å². The maximum atomic E-state index is 13.6. The second-order valence-corrected chi connectivity index (χ2v) is 7.18. The fraction of sp³-hybridized carbons (Fsp3) is 0.562. The van der Waals surface area contributed by atoms with Crippen molar-refractivity contribution >= 4 is 18.0 Å². The van der Waals surface area contributed by atoms with Gasteiger partial charge in [-0.3, -0.25) is 4.72 Å². The number of carbonyl (C=O) groups is 1. The van der Waals surface area contributed by atoms with Gasteiger partial charge in [-0.1, -0.05) is 0 Å². The molecule has 0 fully saturated rings. The fourth-order valence-corrected chi connectivity index (χ4v) is 2.66. The van der Waals surface area contributed by atoms with Crippen molar-refractivity contribution in [3.63, 3.8) is 0 Å². The highest BCUT2D eigenvalue weighted by Gasteiger charge is 2.16. The molecule has 0 aliphatic heterocycles. The molecule has 1 amide bonds. The number of rotatable bonds is 7. The minimum atomic E-state index is -0.542. The van der Waals surface area contributed by atoms with Crippen LogP contribution >= 0.6 is 11.9 Å². The minimum absolute atomic E-state index is 0.0132. The Morgan fingerprint density at radius 2 is 2.09 bits per heavy atom. The summed E-state index contributed by atoms with van der Waals surface area (Å²) in [5.41, 5.74) is 5.48. The summed E-state index contributed by atoms with van der Waals surface area (Å²) in [4.78, 5) is 11.5. The molecule has 130 valence electrons. The van der Waals surface area contributed by atoms with Crippen LogP contribution in [0.2, 0.25) is 0 Å². The van der Waals surface area contributed by atoms with Gasteiger partial charge in [0, 0.05) is 5.75 Å². The lowest BCUT2D eigenvalue weighted by atomic mass is 9.96. The molecule has 0 saturated carbocycles. The van der Waals surface area contributed by atoms with E-state index in [-0.39, 0.29) is 5.92 Å². The lowest BCUT2D eigenvalue weighted by Gasteiger charge is -2.19. The summed E-state index contributed by atoms with van der Waals surface area (Å²) < 4.78 is 34.5. The van der Waals surface area contributed by atoms with Gasteiger partial charge in [-0.25, -0.2) is 13.6 Å². The first-order chi connectivity index (χ1) is 10.7. The molecule has 1 aromatic carbocycles. The van der Waals surface area contributed by atoms with Crippen molar-refractivity contribution in [2.24, 2.45) is 11.7 Å². The van der Waals surface area contributed by atoms with Crippen molar-refractivity contribution in [3.8, 4) is 0 Å². The Hall–Kier alpha value is -1.34. The van der Waals surface area contributed by atoms with Gasteiger partial charge in [0.15, 0.2) is 0 Å². The Bertz CT molecular complexity index is 521. The van der Waals surface area contributed by atoms with Gasteiger partial charge in [0.25, 0.3) is 0 Å². The number of hydrogen-bond donors (Lipinski definition) is 2. The Labute approximate surface area is 140 Å². The summed E-state index contributed by atoms with van der Waals surface area (Å²) in [6.45, 7) is 5.72. The molecule has 4 nitrogen and oxygen atoms in total. The number of halogens is 2. The summed E-state index contributed by atoms with van der Waals surface area (Å²) in [6, 6.07) is 3.41. The van der Waals surface area contributed by atoms with E-state index in [1.54, 1.807) is 20.8 Å². The van der Waals surface area contributed by atoms with Gasteiger partial charge in [0.1, 0.15) is 17.2 Å². The highest BCUT2D eigenvalue weighted by Crippen LogP contribution is 2.18. The predicted octanol–water partition coefficient (Wildman–Crippen LogP) is 3.65. The molecule has 23 heavy (non-hydrogen) atoms. The SMILES string of the molecule is CC(C)(C)OC(=O)NSCCC(CN)Cc1cc(F)ccc1F. The standard InChI is InChI=1S/C16H24F2N2O2S/c1-16(2,3)22-15(21)20-23-7-6-11(10-19)8-12-9-13(17)4-5-14(12)18/h4-5,9,11H,6-8,10,19H2,1-3H3,(H,20,21). The van der Waals surface area contributed by atoms with Crippen LogP contribution in [0.5, 0.6) is 0 Å². The topological polar surface area (TPSA) is 64.3 Å². The van der Waals surface area contributed by atoms with Crippen LogP contribution in [0.3, 0.4) is 0 Å². The van der Waals surface area contributed by atoms with Crippen molar-refractivity contribution in [1.29, 1.82) is 0 Å². The second kappa shape index (κ2) is 9.08. The largest absolute Gasteiger partial charge is 0.443 e. The lowest BCUT2D eigenvalue weighted by molar-refractivity contribution is 0.0574. The van der Waals surface area contributed by atoms with Crippen LogP contribution in [0.4, 0.5) is 13.6 Å². The Morgan fingerprint density at radius 3 is 2.70 bits per heavy atom. The summed E-state index contributed by atoms with van der Waals surface area (Å²) in [5, 5.41) is 0. The monoisotopic (exact) mass is 346 g/mol. The van der Waals surface area contributed by atoms with E-state index in [0.717, 1.165) is 12.1 Å². The van der Waals surface area contributed by atoms with E-state index >= 15 is 0 Å². The number of ether oxygens (including phenoxy) is 1. The van der Waals surface area contributed by atoms with Crippen LogP contribution in [0, 0.1) is 17.6 Å². The Balaban J connectivity index is 2.37. The number of nitrogens with two attached hydrogens (primary N) is 1. The molecule has 1 aromatic rings. The van der Waals surface area contributed by atoms with Crippen molar-refractivity contribution in [1.82, 2.24) is 4.72 Å². The van der Waals surface area contributed by atoms with Gasteiger partial charge in [-0.2, -0.15) is 0 Å². The van der Waals surface area contributed by atoms with E-state index in [4.69, 9.17) is 10.5 Å². The Kier molecular flexibility index (Phi) is 7.78. The quantitative estimate of drug-likeness (QED) is 0.584. The van der Waals surface area contributed by atoms with Crippen LogP contribution in [0.25, 0.3) is 0 Å². The van der Waals surface area contributed by atoms with Crippen molar-refractivity contribution in [2.45, 2.75) is 39.2 Å². The van der Waals surface area contributed by atoms with Crippen LogP contribution in [0.1, 0.15) is 32.8 Å². The molecule has 1 rings (SSSR count). The smallest absolute Gasteiger partial charge is 0.417 e. The van der Waals surface area contributed by atoms with E-state index in [1.807, 2.05) is 0 Å². The van der Waals surface area contributed by atoms with E-state index in [2.05, 4.69) is 4.72 Å². The van der Waals surface area contributed by atoms with Gasteiger partial charge in [0.2, 0.25) is 0 Å². The fourth-order valence-electron chi connectivity index (χ4n) is 1.95. The molecule has 1 atom stereocenters. The molecule has 0 aromatic heterocycles. The van der Waals surface area contributed by atoms with Gasteiger partial charge < -0.3 is 10.5 Å². The third kappa shape index (κ3) is 8.18. The number of amides is 1. The van der Waals surface area contributed by atoms with Crippen molar-refractivity contribution in [3.05, 3.63) is 35.4 Å². The predicted molar refractivity (Wildman–Crippen MR) is 89.1 cm³/mol. The normalized spacial score (nSPS) is 12.8. The molecule has 0 radical (unpaired) electrons. The lowest BCUT2D eigenvalue weighted by Crippen LogP contribution is -2.29. The van der Waals surface area contributed by atoms with E-state index < -0.39 is 23.3 Å². The van der Waals surface area contributed by atoms with E-state index in [9.17, 15) is 13.6 Å². The van der Waals surface area contributed by atoms with Gasteiger partial charge >= 0.3 is 6.09 Å². The highest BCUT2D eigenvalue weighted by atomic mass is 32.2. The van der Waals surface area contributed by atoms with Crippen molar-refractivity contribution < 1.29 is 18.3 Å². The first-order valence-electron chi connectivity index (χ1n) is 7.46. The zero-order valence-corrected chi connectivity index (χ0v) is 14.5. The molecule has 0 heterocycles. The Morgan fingerprint density at radius 1 is 1.39 bits per heavy atom. The number of nitrogens with one attached hydrogen (secondary N) is 1. The molecular formula is C16H24F2N2O2S. The molecule has 0 aliphatic rings. The summed E-state index contributed by atoms with van der Waals surface area (Å²) in [6.07, 6.45) is 0.544. The summed E-state index contributed by atoms with van der Waals surface area (Å²) in [5.74, 6) is -0.264. The third-order valence-corrected chi connectivity index (χ3v) is 3.78. The number of hydrogen-bond acceptors (Lipinski definition) is 4. The first-order valence-corrected chi connectivity index (χ1v) is 8.44. The molecule has 0 bridgehead atoms. The minimum Gasteiger partial charge on any atom is -0.443 e. The van der Waals surface area contributed by atoms with E-state index in [1.165, 1.54) is 18.0 Å². The van der Waals surface area contributed by atoms with Crippen LogP contribution in [0.15, 0.2) is 18.2 Å². The average Bonchev–Trinajstić information content (AvgIpc) is 2.44. The highest BCUT2D eigenvalue weighted by molar-refractivity contribution is 7.97. The molecule has 0 spiro atoms. The zero-order chi connectivity index (χ0) is 17.5. The van der Waals surface area contributed by atoms with Crippen LogP contribution < -0.4 is 10.5 Å². The zero-order valence-electron chi connectivity index (χ0n) is 13.7. The molecule has 0 saturated heterocycles. The van der Waals surface area contributed by atoms with E-state index in [0.29, 0.717) is 30.7 Å². The van der Waals surface area contributed by atoms with Gasteiger partial charge in [-0.15, -0.1) is 0 Å². The van der Waals surface area contributed by atoms with Crippen LogP contribution in [-0.2, 0) is 11.2 Å². The van der Waals surface area contributed by atoms with Crippen LogP contribution in [-0.4, -0.2) is 24.0 Å². The molecule has 3 N–H and O–H groups in total.